The minimum absolute atomic E-state index is 0.0000955. The predicted molar refractivity (Wildman–Crippen MR) is 89.8 cm³/mol. The van der Waals surface area contributed by atoms with Gasteiger partial charge in [0.15, 0.2) is 0 Å². The molecule has 0 atom stereocenters. The van der Waals surface area contributed by atoms with Crippen molar-refractivity contribution in [2.75, 3.05) is 13.9 Å². The zero-order chi connectivity index (χ0) is 17.7. The summed E-state index contributed by atoms with van der Waals surface area (Å²) in [7, 11) is 1.51. The van der Waals surface area contributed by atoms with E-state index in [2.05, 4.69) is 11.1 Å². The molecule has 2 aromatic rings. The van der Waals surface area contributed by atoms with Crippen molar-refractivity contribution in [2.45, 2.75) is 13.5 Å². The van der Waals surface area contributed by atoms with Crippen LogP contribution in [0.3, 0.4) is 0 Å². The molecule has 2 rings (SSSR count). The summed E-state index contributed by atoms with van der Waals surface area (Å²) in [5, 5.41) is 20.1. The van der Waals surface area contributed by atoms with E-state index in [4.69, 9.17) is 21.7 Å². The van der Waals surface area contributed by atoms with E-state index in [1.165, 1.54) is 19.2 Å². The number of nitriles is 1. The van der Waals surface area contributed by atoms with Gasteiger partial charge in [-0.25, -0.2) is 0 Å². The molecule has 1 heterocycles. The number of benzene rings is 1. The molecule has 0 radical (unpaired) electrons. The van der Waals surface area contributed by atoms with Gasteiger partial charge in [-0.05, 0) is 24.6 Å². The average molecular weight is 345 g/mol. The SMILES string of the molecule is COCOCc1c(-c2ccc([N+](=O)[O-])cc2)[nH]c(C)c(C#N)c1=S. The Morgan fingerprint density at radius 3 is 2.58 bits per heavy atom. The van der Waals surface area contributed by atoms with Gasteiger partial charge in [-0.3, -0.25) is 10.1 Å². The molecule has 1 aromatic carbocycles. The van der Waals surface area contributed by atoms with Gasteiger partial charge in [-0.15, -0.1) is 0 Å². The summed E-state index contributed by atoms with van der Waals surface area (Å²) >= 11 is 5.41. The van der Waals surface area contributed by atoms with Crippen LogP contribution in [0.25, 0.3) is 11.3 Å². The van der Waals surface area contributed by atoms with Crippen LogP contribution in [0.4, 0.5) is 5.69 Å². The molecule has 0 saturated heterocycles. The molecule has 0 amide bonds. The van der Waals surface area contributed by atoms with Gasteiger partial charge in [0.05, 0.1) is 27.3 Å². The number of methoxy groups -OCH3 is 1. The van der Waals surface area contributed by atoms with Gasteiger partial charge in [0, 0.05) is 30.5 Å². The monoisotopic (exact) mass is 345 g/mol. The van der Waals surface area contributed by atoms with Crippen molar-refractivity contribution in [3.8, 4) is 17.3 Å². The lowest BCUT2D eigenvalue weighted by molar-refractivity contribution is -0.384. The number of non-ortho nitro benzene ring substituents is 1. The second-order valence-corrected chi connectivity index (χ2v) is 5.39. The first-order valence-electron chi connectivity index (χ1n) is 6.97. The van der Waals surface area contributed by atoms with Crippen LogP contribution in [-0.4, -0.2) is 23.8 Å². The third kappa shape index (κ3) is 3.65. The molecule has 24 heavy (non-hydrogen) atoms. The first kappa shape index (κ1) is 17.7. The Balaban J connectivity index is 2.57. The molecule has 7 nitrogen and oxygen atoms in total. The highest BCUT2D eigenvalue weighted by Crippen LogP contribution is 2.28. The molecule has 1 aromatic heterocycles. The van der Waals surface area contributed by atoms with Crippen molar-refractivity contribution in [1.82, 2.24) is 4.98 Å². The fourth-order valence-electron chi connectivity index (χ4n) is 2.26. The number of nitrogens with one attached hydrogen (secondary N) is 1. The topological polar surface area (TPSA) is 101 Å². The highest BCUT2D eigenvalue weighted by Gasteiger charge is 2.15. The minimum atomic E-state index is -0.460. The van der Waals surface area contributed by atoms with Gasteiger partial charge >= 0.3 is 0 Å². The molecule has 0 spiro atoms. The smallest absolute Gasteiger partial charge is 0.269 e. The summed E-state index contributed by atoms with van der Waals surface area (Å²) in [5.41, 5.74) is 3.04. The van der Waals surface area contributed by atoms with Crippen LogP contribution in [0.5, 0.6) is 0 Å². The lowest BCUT2D eigenvalue weighted by Crippen LogP contribution is -2.04. The summed E-state index contributed by atoms with van der Waals surface area (Å²) < 4.78 is 10.7. The largest absolute Gasteiger partial charge is 0.359 e. The Kier molecular flexibility index (Phi) is 5.76. The zero-order valence-electron chi connectivity index (χ0n) is 13.2. The van der Waals surface area contributed by atoms with Crippen LogP contribution in [0.2, 0.25) is 0 Å². The molecule has 0 fully saturated rings. The third-order valence-electron chi connectivity index (χ3n) is 3.42. The van der Waals surface area contributed by atoms with Gasteiger partial charge in [-0.2, -0.15) is 5.26 Å². The van der Waals surface area contributed by atoms with Crippen molar-refractivity contribution in [3.63, 3.8) is 0 Å². The second kappa shape index (κ2) is 7.79. The highest BCUT2D eigenvalue weighted by atomic mass is 32.1. The number of nitro groups is 1. The number of ether oxygens (including phenoxy) is 2. The van der Waals surface area contributed by atoms with Crippen molar-refractivity contribution < 1.29 is 14.4 Å². The molecule has 0 aliphatic rings. The maximum absolute atomic E-state index is 10.8. The van der Waals surface area contributed by atoms with Gasteiger partial charge in [0.25, 0.3) is 5.69 Å². The number of hydrogen-bond donors (Lipinski definition) is 1. The van der Waals surface area contributed by atoms with Crippen molar-refractivity contribution >= 4 is 17.9 Å². The fourth-order valence-corrected chi connectivity index (χ4v) is 2.62. The highest BCUT2D eigenvalue weighted by molar-refractivity contribution is 7.71. The van der Waals surface area contributed by atoms with E-state index in [0.717, 1.165) is 5.56 Å². The fraction of sp³-hybridized carbons (Fsp3) is 0.250. The summed E-state index contributed by atoms with van der Waals surface area (Å²) in [5.74, 6) is 0. The molecular formula is C16H15N3O4S. The second-order valence-electron chi connectivity index (χ2n) is 4.98. The summed E-state index contributed by atoms with van der Waals surface area (Å²) in [4.78, 5) is 13.5. The lowest BCUT2D eigenvalue weighted by atomic mass is 10.0. The normalized spacial score (nSPS) is 10.4. The molecule has 0 unspecified atom stereocenters. The number of aromatic amines is 1. The summed E-state index contributed by atoms with van der Waals surface area (Å²) in [6.45, 7) is 2.00. The quantitative estimate of drug-likeness (QED) is 0.282. The number of nitrogens with zero attached hydrogens (tertiary/aromatic N) is 2. The van der Waals surface area contributed by atoms with Gasteiger partial charge in [0.2, 0.25) is 0 Å². The molecule has 0 saturated carbocycles. The Labute approximate surface area is 143 Å². The van der Waals surface area contributed by atoms with E-state index in [1.807, 2.05) is 0 Å². The number of nitro benzene ring substituents is 1. The standard InChI is InChI=1S/C16H15N3O4S/c1-10-13(7-17)16(24)14(8-23-9-22-2)15(18-10)11-3-5-12(6-4-11)19(20)21/h3-6H,8-9H2,1-2H3,(H,18,24). The summed E-state index contributed by atoms with van der Waals surface area (Å²) in [6.07, 6.45) is 0. The van der Waals surface area contributed by atoms with E-state index >= 15 is 0 Å². The number of H-pyrrole nitrogens is 1. The van der Waals surface area contributed by atoms with E-state index in [9.17, 15) is 15.4 Å². The van der Waals surface area contributed by atoms with E-state index in [1.54, 1.807) is 19.1 Å². The van der Waals surface area contributed by atoms with E-state index < -0.39 is 4.92 Å². The van der Waals surface area contributed by atoms with Gasteiger partial charge in [-0.1, -0.05) is 12.2 Å². The molecule has 0 aliphatic heterocycles. The lowest BCUT2D eigenvalue weighted by Gasteiger charge is -2.13. The van der Waals surface area contributed by atoms with Crippen LogP contribution in [-0.2, 0) is 16.1 Å². The van der Waals surface area contributed by atoms with Crippen molar-refractivity contribution in [1.29, 1.82) is 5.26 Å². The molecule has 0 bridgehead atoms. The average Bonchev–Trinajstić information content (AvgIpc) is 2.57. The Morgan fingerprint density at radius 2 is 2.04 bits per heavy atom. The first-order chi connectivity index (χ1) is 11.5. The van der Waals surface area contributed by atoms with Crippen molar-refractivity contribution in [3.05, 3.63) is 55.7 Å². The maximum Gasteiger partial charge on any atom is 0.269 e. The van der Waals surface area contributed by atoms with Gasteiger partial charge < -0.3 is 14.5 Å². The molecular weight excluding hydrogens is 330 g/mol. The third-order valence-corrected chi connectivity index (χ3v) is 3.87. The van der Waals surface area contributed by atoms with Gasteiger partial charge in [0.1, 0.15) is 12.9 Å². The molecule has 124 valence electrons. The minimum Gasteiger partial charge on any atom is -0.359 e. The van der Waals surface area contributed by atoms with Crippen LogP contribution < -0.4 is 0 Å². The van der Waals surface area contributed by atoms with Crippen LogP contribution in [0.1, 0.15) is 16.8 Å². The number of hydrogen-bond acceptors (Lipinski definition) is 6. The predicted octanol–water partition coefficient (Wildman–Crippen LogP) is 3.62. The molecule has 1 N–H and O–H groups in total. The number of rotatable bonds is 6. The molecule has 8 heteroatoms. The Bertz CT molecular complexity index is 853. The van der Waals surface area contributed by atoms with E-state index in [0.29, 0.717) is 27.0 Å². The number of pyridine rings is 1. The molecule has 0 aliphatic carbocycles. The first-order valence-corrected chi connectivity index (χ1v) is 7.37. The zero-order valence-corrected chi connectivity index (χ0v) is 14.0. The van der Waals surface area contributed by atoms with Crippen LogP contribution >= 0.6 is 12.2 Å². The summed E-state index contributed by atoms with van der Waals surface area (Å²) in [6, 6.07) is 8.18. The number of aryl methyl sites for hydroxylation is 1. The van der Waals surface area contributed by atoms with Crippen LogP contribution in [0, 0.1) is 32.9 Å². The van der Waals surface area contributed by atoms with Crippen LogP contribution in [0.15, 0.2) is 24.3 Å². The Morgan fingerprint density at radius 1 is 1.38 bits per heavy atom. The number of aromatic nitrogens is 1. The van der Waals surface area contributed by atoms with E-state index in [-0.39, 0.29) is 19.1 Å². The van der Waals surface area contributed by atoms with Crippen molar-refractivity contribution in [2.24, 2.45) is 0 Å². The maximum atomic E-state index is 10.8. The Hall–Kier alpha value is -2.60.